The number of halogens is 1. The summed E-state index contributed by atoms with van der Waals surface area (Å²) in [6, 6.07) is 16.0. The molecule has 0 radical (unpaired) electrons. The number of unbranched alkanes of at least 4 members (excludes halogenated alkanes) is 6. The van der Waals surface area contributed by atoms with E-state index in [0.717, 1.165) is 68.8 Å². The van der Waals surface area contributed by atoms with Gasteiger partial charge in [-0.3, -0.25) is 9.59 Å². The van der Waals surface area contributed by atoms with Crippen molar-refractivity contribution in [2.24, 2.45) is 0 Å². The van der Waals surface area contributed by atoms with E-state index in [1.54, 1.807) is 0 Å². The van der Waals surface area contributed by atoms with Gasteiger partial charge in [-0.05, 0) is 43.0 Å². The van der Waals surface area contributed by atoms with Gasteiger partial charge in [0.15, 0.2) is 0 Å². The Balaban J connectivity index is 1.40. The van der Waals surface area contributed by atoms with Crippen molar-refractivity contribution in [3.63, 3.8) is 0 Å². The normalized spacial score (nSPS) is 11.1. The molecule has 1 aromatic heterocycles. The second-order valence-corrected chi connectivity index (χ2v) is 10.1. The first-order chi connectivity index (χ1) is 17.5. The van der Waals surface area contributed by atoms with Crippen molar-refractivity contribution in [2.75, 3.05) is 20.1 Å². The molecule has 36 heavy (non-hydrogen) atoms. The zero-order valence-electron chi connectivity index (χ0n) is 21.8. The Kier molecular flexibility index (Phi) is 11.3. The topological polar surface area (TPSA) is 54.3 Å². The third-order valence-electron chi connectivity index (χ3n) is 6.66. The van der Waals surface area contributed by atoms with Gasteiger partial charge in [-0.1, -0.05) is 81.0 Å². The van der Waals surface area contributed by atoms with Gasteiger partial charge in [0.1, 0.15) is 0 Å². The van der Waals surface area contributed by atoms with Gasteiger partial charge in [-0.15, -0.1) is 0 Å². The molecule has 0 bridgehead atoms. The van der Waals surface area contributed by atoms with Crippen LogP contribution in [0.5, 0.6) is 0 Å². The molecule has 0 saturated heterocycles. The average molecular weight is 510 g/mol. The number of fused-ring (bicyclic) bond motifs is 1. The first kappa shape index (κ1) is 27.8. The summed E-state index contributed by atoms with van der Waals surface area (Å²) in [5.41, 5.74) is 2.85. The molecule has 6 heteroatoms. The quantitative estimate of drug-likeness (QED) is 0.223. The first-order valence-corrected chi connectivity index (χ1v) is 13.7. The number of aromatic nitrogens is 1. The molecule has 5 nitrogen and oxygen atoms in total. The highest BCUT2D eigenvalue weighted by Gasteiger charge is 2.15. The van der Waals surface area contributed by atoms with E-state index in [1.165, 1.54) is 5.56 Å². The molecule has 2 aromatic carbocycles. The minimum absolute atomic E-state index is 0.0558. The standard InChI is InChI=1S/C30H40ClN3O2/c1-3-4-20-33(2)29(35)16-12-7-5-6-8-13-19-32-30(36)27-23-34(22-24-14-10-9-11-15-24)28-18-17-25(31)21-26(27)28/h9-11,14-15,17-18,21,23H,3-8,12-13,16,19-20,22H2,1-2H3,(H,32,36). The number of amides is 2. The molecule has 1 N–H and O–H groups in total. The monoisotopic (exact) mass is 509 g/mol. The van der Waals surface area contributed by atoms with Crippen molar-refractivity contribution in [1.82, 2.24) is 14.8 Å². The van der Waals surface area contributed by atoms with Crippen LogP contribution in [0.2, 0.25) is 5.02 Å². The van der Waals surface area contributed by atoms with Crippen LogP contribution in [0.4, 0.5) is 0 Å². The summed E-state index contributed by atoms with van der Waals surface area (Å²) in [5.74, 6) is 0.206. The van der Waals surface area contributed by atoms with Crippen LogP contribution >= 0.6 is 11.6 Å². The summed E-state index contributed by atoms with van der Waals surface area (Å²) in [6.07, 6.45) is 11.1. The number of hydrogen-bond acceptors (Lipinski definition) is 2. The van der Waals surface area contributed by atoms with Gasteiger partial charge in [0, 0.05) is 55.2 Å². The molecular weight excluding hydrogens is 470 g/mol. The summed E-state index contributed by atoms with van der Waals surface area (Å²) in [6.45, 7) is 4.37. The fourth-order valence-electron chi connectivity index (χ4n) is 4.48. The van der Waals surface area contributed by atoms with Crippen LogP contribution in [-0.4, -0.2) is 41.4 Å². The van der Waals surface area contributed by atoms with Crippen molar-refractivity contribution >= 4 is 34.3 Å². The summed E-state index contributed by atoms with van der Waals surface area (Å²) >= 11 is 6.25. The molecule has 1 heterocycles. The summed E-state index contributed by atoms with van der Waals surface area (Å²) in [7, 11) is 1.90. The van der Waals surface area contributed by atoms with Crippen LogP contribution in [0.15, 0.2) is 54.7 Å². The van der Waals surface area contributed by atoms with Crippen LogP contribution in [0.3, 0.4) is 0 Å². The SMILES string of the molecule is CCCCN(C)C(=O)CCCCCCCCNC(=O)c1cn(Cc2ccccc2)c2ccc(Cl)cc12. The van der Waals surface area contributed by atoms with Crippen LogP contribution < -0.4 is 5.32 Å². The lowest BCUT2D eigenvalue weighted by atomic mass is 10.1. The molecule has 3 aromatic rings. The second kappa shape index (κ2) is 14.7. The molecule has 2 amide bonds. The Morgan fingerprint density at radius 2 is 1.67 bits per heavy atom. The minimum Gasteiger partial charge on any atom is -0.352 e. The highest BCUT2D eigenvalue weighted by atomic mass is 35.5. The Morgan fingerprint density at radius 3 is 2.42 bits per heavy atom. The van der Waals surface area contributed by atoms with E-state index in [-0.39, 0.29) is 11.8 Å². The Bertz CT molecular complexity index is 1110. The van der Waals surface area contributed by atoms with E-state index >= 15 is 0 Å². The largest absolute Gasteiger partial charge is 0.352 e. The van der Waals surface area contributed by atoms with Crippen LogP contribution in [-0.2, 0) is 11.3 Å². The van der Waals surface area contributed by atoms with E-state index in [0.29, 0.717) is 30.1 Å². The van der Waals surface area contributed by atoms with Crippen LogP contribution in [0.1, 0.15) is 80.6 Å². The molecule has 0 aliphatic carbocycles. The van der Waals surface area contributed by atoms with Gasteiger partial charge >= 0.3 is 0 Å². The highest BCUT2D eigenvalue weighted by molar-refractivity contribution is 6.31. The zero-order chi connectivity index (χ0) is 25.8. The maximum Gasteiger partial charge on any atom is 0.253 e. The number of rotatable bonds is 15. The van der Waals surface area contributed by atoms with Gasteiger partial charge in [0.25, 0.3) is 5.91 Å². The van der Waals surface area contributed by atoms with Crippen molar-refractivity contribution in [1.29, 1.82) is 0 Å². The molecule has 3 rings (SSSR count). The van der Waals surface area contributed by atoms with Crippen LogP contribution in [0.25, 0.3) is 10.9 Å². The third kappa shape index (κ3) is 8.41. The van der Waals surface area contributed by atoms with Crippen LogP contribution in [0, 0.1) is 0 Å². The molecule has 0 fully saturated rings. The number of carbonyl (C=O) groups excluding carboxylic acids is 2. The lowest BCUT2D eigenvalue weighted by Gasteiger charge is -2.16. The lowest BCUT2D eigenvalue weighted by molar-refractivity contribution is -0.130. The van der Waals surface area contributed by atoms with Crippen molar-refractivity contribution in [3.8, 4) is 0 Å². The highest BCUT2D eigenvalue weighted by Crippen LogP contribution is 2.26. The summed E-state index contributed by atoms with van der Waals surface area (Å²) in [5, 5.41) is 4.60. The molecular formula is C30H40ClN3O2. The summed E-state index contributed by atoms with van der Waals surface area (Å²) < 4.78 is 2.11. The number of carbonyl (C=O) groups is 2. The molecule has 0 aliphatic rings. The molecule has 0 saturated carbocycles. The molecule has 0 unspecified atom stereocenters. The smallest absolute Gasteiger partial charge is 0.253 e. The van der Waals surface area contributed by atoms with Gasteiger partial charge in [0.2, 0.25) is 5.91 Å². The van der Waals surface area contributed by atoms with E-state index in [4.69, 9.17) is 11.6 Å². The maximum absolute atomic E-state index is 13.0. The number of nitrogens with one attached hydrogen (secondary N) is 1. The predicted octanol–water partition coefficient (Wildman–Crippen LogP) is 7.06. The van der Waals surface area contributed by atoms with Gasteiger partial charge < -0.3 is 14.8 Å². The molecule has 0 atom stereocenters. The van der Waals surface area contributed by atoms with Gasteiger partial charge in [-0.25, -0.2) is 0 Å². The Hall–Kier alpha value is -2.79. The van der Waals surface area contributed by atoms with E-state index in [9.17, 15) is 9.59 Å². The van der Waals surface area contributed by atoms with Crippen molar-refractivity contribution < 1.29 is 9.59 Å². The van der Waals surface area contributed by atoms with E-state index < -0.39 is 0 Å². The molecule has 0 aliphatic heterocycles. The number of hydrogen-bond donors (Lipinski definition) is 1. The van der Waals surface area contributed by atoms with Gasteiger partial charge in [-0.2, -0.15) is 0 Å². The minimum atomic E-state index is -0.0558. The zero-order valence-corrected chi connectivity index (χ0v) is 22.5. The van der Waals surface area contributed by atoms with Crippen molar-refractivity contribution in [2.45, 2.75) is 71.3 Å². The summed E-state index contributed by atoms with van der Waals surface area (Å²) in [4.78, 5) is 26.9. The fourth-order valence-corrected chi connectivity index (χ4v) is 4.65. The lowest BCUT2D eigenvalue weighted by Crippen LogP contribution is -2.27. The first-order valence-electron chi connectivity index (χ1n) is 13.3. The van der Waals surface area contributed by atoms with E-state index in [2.05, 4.69) is 28.9 Å². The molecule has 194 valence electrons. The maximum atomic E-state index is 13.0. The van der Waals surface area contributed by atoms with E-state index in [1.807, 2.05) is 54.5 Å². The molecule has 0 spiro atoms. The second-order valence-electron chi connectivity index (χ2n) is 9.61. The Morgan fingerprint density at radius 1 is 0.944 bits per heavy atom. The van der Waals surface area contributed by atoms with Crippen molar-refractivity contribution in [3.05, 3.63) is 70.9 Å². The Labute approximate surface area is 220 Å². The third-order valence-corrected chi connectivity index (χ3v) is 6.89. The predicted molar refractivity (Wildman–Crippen MR) is 150 cm³/mol. The number of benzene rings is 2. The fraction of sp³-hybridized carbons (Fsp3) is 0.467. The number of nitrogens with zero attached hydrogens (tertiary/aromatic N) is 2. The van der Waals surface area contributed by atoms with Gasteiger partial charge in [0.05, 0.1) is 5.56 Å². The average Bonchev–Trinajstić information content (AvgIpc) is 3.23.